The number of fused-ring (bicyclic) bond motifs is 2. The summed E-state index contributed by atoms with van der Waals surface area (Å²) in [6, 6.07) is 22.6. The van der Waals surface area contributed by atoms with Crippen LogP contribution in [0.5, 0.6) is 5.75 Å². The summed E-state index contributed by atoms with van der Waals surface area (Å²) in [6.45, 7) is 6.02. The van der Waals surface area contributed by atoms with Gasteiger partial charge in [0, 0.05) is 34.2 Å². The average molecular weight is 612 g/mol. The van der Waals surface area contributed by atoms with Gasteiger partial charge < -0.3 is 14.0 Å². The fourth-order valence-corrected chi connectivity index (χ4v) is 6.71. The number of ether oxygens (including phenoxy) is 2. The highest BCUT2D eigenvalue weighted by Crippen LogP contribution is 2.32. The fourth-order valence-electron chi connectivity index (χ4n) is 5.46. The van der Waals surface area contributed by atoms with Crippen molar-refractivity contribution in [3.05, 3.63) is 132 Å². The van der Waals surface area contributed by atoms with E-state index in [1.54, 1.807) is 32.4 Å². The Morgan fingerprint density at radius 3 is 2.58 bits per heavy atom. The zero-order valence-electron chi connectivity index (χ0n) is 24.2. The summed E-state index contributed by atoms with van der Waals surface area (Å²) >= 11 is 7.55. The van der Waals surface area contributed by atoms with E-state index in [2.05, 4.69) is 22.9 Å². The van der Waals surface area contributed by atoms with Gasteiger partial charge in [-0.1, -0.05) is 65.4 Å². The summed E-state index contributed by atoms with van der Waals surface area (Å²) in [5.41, 5.74) is 4.45. The third kappa shape index (κ3) is 5.56. The summed E-state index contributed by atoms with van der Waals surface area (Å²) in [6.07, 6.45) is 3.65. The van der Waals surface area contributed by atoms with Crippen LogP contribution >= 0.6 is 22.9 Å². The lowest BCUT2D eigenvalue weighted by molar-refractivity contribution is -0.143. The molecule has 218 valence electrons. The first-order valence-corrected chi connectivity index (χ1v) is 15.1. The lowest BCUT2D eigenvalue weighted by atomic mass is 9.96. The molecule has 0 saturated carbocycles. The van der Waals surface area contributed by atoms with Crippen molar-refractivity contribution in [2.75, 3.05) is 7.11 Å². The molecular weight excluding hydrogens is 582 g/mol. The van der Waals surface area contributed by atoms with Crippen LogP contribution < -0.4 is 19.6 Å². The second-order valence-corrected chi connectivity index (χ2v) is 12.1. The first-order valence-electron chi connectivity index (χ1n) is 13.9. The van der Waals surface area contributed by atoms with Crippen molar-refractivity contribution < 1.29 is 14.3 Å². The molecular formula is C34H30ClN3O4S. The largest absolute Gasteiger partial charge is 0.497 e. The van der Waals surface area contributed by atoms with Crippen LogP contribution in [-0.4, -0.2) is 28.3 Å². The van der Waals surface area contributed by atoms with E-state index >= 15 is 0 Å². The number of methoxy groups -OCH3 is 1. The smallest absolute Gasteiger partial charge is 0.338 e. The predicted octanol–water partition coefficient (Wildman–Crippen LogP) is 5.85. The van der Waals surface area contributed by atoms with Gasteiger partial charge >= 0.3 is 5.97 Å². The standard InChI is InChI=1S/C34H30ClN3O4S/c1-20(2)42-33(40)30-21(3)36-34-38(31(30)23-12-14-26(41-4)15-13-23)32(39)29(43-34)17-24-19-37(28-11-6-5-10-27(24)28)18-22-8-7-9-25(35)16-22/h5-17,19-20,31H,18H2,1-4H3/b29-17-/t31-/m1/s1. The topological polar surface area (TPSA) is 74.8 Å². The summed E-state index contributed by atoms with van der Waals surface area (Å²) < 4.78 is 15.2. The Balaban J connectivity index is 1.50. The number of esters is 1. The highest BCUT2D eigenvalue weighted by Gasteiger charge is 2.33. The predicted molar refractivity (Wildman–Crippen MR) is 170 cm³/mol. The number of para-hydroxylation sites is 1. The minimum Gasteiger partial charge on any atom is -0.497 e. The van der Waals surface area contributed by atoms with Gasteiger partial charge in [-0.3, -0.25) is 9.36 Å². The van der Waals surface area contributed by atoms with Crippen LogP contribution in [-0.2, 0) is 16.1 Å². The Morgan fingerprint density at radius 1 is 1.09 bits per heavy atom. The van der Waals surface area contributed by atoms with Crippen molar-refractivity contribution in [2.24, 2.45) is 4.99 Å². The van der Waals surface area contributed by atoms with Gasteiger partial charge in [-0.05, 0) is 68.3 Å². The van der Waals surface area contributed by atoms with E-state index in [4.69, 9.17) is 26.1 Å². The van der Waals surface area contributed by atoms with E-state index in [9.17, 15) is 9.59 Å². The number of thiazole rings is 1. The van der Waals surface area contributed by atoms with Crippen molar-refractivity contribution in [3.8, 4) is 5.75 Å². The lowest BCUT2D eigenvalue weighted by Crippen LogP contribution is -2.40. The van der Waals surface area contributed by atoms with Gasteiger partial charge in [0.05, 0.1) is 35.1 Å². The monoisotopic (exact) mass is 611 g/mol. The number of hydrogen-bond donors (Lipinski definition) is 0. The van der Waals surface area contributed by atoms with Crippen molar-refractivity contribution in [1.82, 2.24) is 9.13 Å². The van der Waals surface area contributed by atoms with Gasteiger partial charge in [0.15, 0.2) is 4.80 Å². The number of hydrogen-bond acceptors (Lipinski definition) is 6. The SMILES string of the molecule is COc1ccc([C@@H]2C(C(=O)OC(C)C)=C(C)N=c3s/c(=C\c4cn(Cc5cccc(Cl)c5)c5ccccc45)c(=O)n32)cc1. The van der Waals surface area contributed by atoms with Gasteiger partial charge in [-0.2, -0.15) is 0 Å². The number of rotatable bonds is 7. The van der Waals surface area contributed by atoms with E-state index in [-0.39, 0.29) is 11.7 Å². The third-order valence-electron chi connectivity index (χ3n) is 7.36. The first-order chi connectivity index (χ1) is 20.7. The molecule has 7 nitrogen and oxygen atoms in total. The molecule has 0 fully saturated rings. The molecule has 0 spiro atoms. The van der Waals surface area contributed by atoms with E-state index in [1.807, 2.05) is 66.7 Å². The number of allylic oxidation sites excluding steroid dienone is 1. The minimum atomic E-state index is -0.695. The van der Waals surface area contributed by atoms with Crippen LogP contribution in [0, 0.1) is 0 Å². The molecule has 0 bridgehead atoms. The van der Waals surface area contributed by atoms with Crippen LogP contribution in [0.15, 0.2) is 100 Å². The fraction of sp³-hybridized carbons (Fsp3) is 0.206. The van der Waals surface area contributed by atoms with Gasteiger partial charge in [0.25, 0.3) is 5.56 Å². The molecule has 1 atom stereocenters. The zero-order chi connectivity index (χ0) is 30.2. The van der Waals surface area contributed by atoms with Crippen LogP contribution in [0.1, 0.15) is 43.5 Å². The van der Waals surface area contributed by atoms with Crippen LogP contribution in [0.2, 0.25) is 5.02 Å². The molecule has 0 N–H and O–H groups in total. The minimum absolute atomic E-state index is 0.224. The summed E-state index contributed by atoms with van der Waals surface area (Å²) in [5, 5.41) is 1.72. The highest BCUT2D eigenvalue weighted by atomic mass is 35.5. The van der Waals surface area contributed by atoms with Crippen LogP contribution in [0.25, 0.3) is 17.0 Å². The van der Waals surface area contributed by atoms with Crippen LogP contribution in [0.4, 0.5) is 0 Å². The first kappa shape index (κ1) is 28.7. The Bertz CT molecular complexity index is 2070. The second-order valence-electron chi connectivity index (χ2n) is 10.7. The maximum atomic E-state index is 14.2. The maximum absolute atomic E-state index is 14.2. The van der Waals surface area contributed by atoms with Crippen molar-refractivity contribution in [3.63, 3.8) is 0 Å². The lowest BCUT2D eigenvalue weighted by Gasteiger charge is -2.25. The van der Waals surface area contributed by atoms with Gasteiger partial charge in [0.1, 0.15) is 5.75 Å². The molecule has 3 heterocycles. The normalized spacial score (nSPS) is 15.1. The summed E-state index contributed by atoms with van der Waals surface area (Å²) in [7, 11) is 1.60. The number of halogens is 1. The number of aromatic nitrogens is 2. The quantitative estimate of drug-likeness (QED) is 0.216. The Kier molecular flexibility index (Phi) is 7.81. The average Bonchev–Trinajstić information content (AvgIpc) is 3.48. The van der Waals surface area contributed by atoms with Gasteiger partial charge in [-0.25, -0.2) is 9.79 Å². The highest BCUT2D eigenvalue weighted by molar-refractivity contribution is 7.07. The molecule has 0 radical (unpaired) electrons. The molecule has 0 saturated heterocycles. The second kappa shape index (κ2) is 11.7. The Labute approximate surface area is 257 Å². The molecule has 0 unspecified atom stereocenters. The Morgan fingerprint density at radius 2 is 1.86 bits per heavy atom. The van der Waals surface area contributed by atoms with E-state index in [1.165, 1.54) is 11.3 Å². The van der Waals surface area contributed by atoms with Crippen LogP contribution in [0.3, 0.4) is 0 Å². The molecule has 1 aliphatic heterocycles. The van der Waals surface area contributed by atoms with Gasteiger partial charge in [-0.15, -0.1) is 0 Å². The number of carbonyl (C=O) groups is 1. The molecule has 0 aliphatic carbocycles. The molecule has 0 amide bonds. The maximum Gasteiger partial charge on any atom is 0.338 e. The third-order valence-corrected chi connectivity index (χ3v) is 8.58. The zero-order valence-corrected chi connectivity index (χ0v) is 25.8. The molecule has 2 aromatic heterocycles. The molecule has 9 heteroatoms. The summed E-state index contributed by atoms with van der Waals surface area (Å²) in [5.74, 6) is 0.188. The number of benzene rings is 3. The molecule has 43 heavy (non-hydrogen) atoms. The molecule has 3 aromatic carbocycles. The molecule has 1 aliphatic rings. The van der Waals surface area contributed by atoms with Crippen molar-refractivity contribution >= 4 is 45.9 Å². The Hall–Kier alpha value is -4.40. The van der Waals surface area contributed by atoms with E-state index in [0.29, 0.717) is 37.9 Å². The van der Waals surface area contributed by atoms with E-state index in [0.717, 1.165) is 27.6 Å². The van der Waals surface area contributed by atoms with E-state index < -0.39 is 12.0 Å². The number of carbonyl (C=O) groups excluding carboxylic acids is 1. The number of nitrogens with zero attached hydrogens (tertiary/aromatic N) is 3. The summed E-state index contributed by atoms with van der Waals surface area (Å²) in [4.78, 5) is 32.8. The molecule has 6 rings (SSSR count). The van der Waals surface area contributed by atoms with Gasteiger partial charge in [0.2, 0.25) is 0 Å². The van der Waals surface area contributed by atoms with Crippen molar-refractivity contribution in [1.29, 1.82) is 0 Å². The molecule has 5 aromatic rings. The van der Waals surface area contributed by atoms with Crippen molar-refractivity contribution in [2.45, 2.75) is 39.5 Å².